The summed E-state index contributed by atoms with van der Waals surface area (Å²) in [6.45, 7) is 3.10. The van der Waals surface area contributed by atoms with Crippen molar-refractivity contribution in [2.24, 2.45) is 5.73 Å². The summed E-state index contributed by atoms with van der Waals surface area (Å²) in [4.78, 5) is 25.7. The van der Waals surface area contributed by atoms with Crippen molar-refractivity contribution in [3.05, 3.63) is 35.4 Å². The zero-order valence-corrected chi connectivity index (χ0v) is 13.2. The van der Waals surface area contributed by atoms with Crippen molar-refractivity contribution in [1.82, 2.24) is 4.90 Å². The Kier molecular flexibility index (Phi) is 4.40. The van der Waals surface area contributed by atoms with Crippen LogP contribution in [0.4, 0.5) is 0 Å². The Labute approximate surface area is 134 Å². The van der Waals surface area contributed by atoms with E-state index in [0.717, 1.165) is 44.9 Å². The molecule has 2 aliphatic rings. The average Bonchev–Trinajstić information content (AvgIpc) is 2.55. The van der Waals surface area contributed by atoms with E-state index in [4.69, 9.17) is 10.5 Å². The fraction of sp³-hybridized carbons (Fsp3) is 0.500. The highest BCUT2D eigenvalue weighted by atomic mass is 32.2. The van der Waals surface area contributed by atoms with Crippen LogP contribution >= 0.6 is 11.8 Å². The number of ether oxygens (including phenoxy) is 1. The van der Waals surface area contributed by atoms with Crippen LogP contribution in [0.1, 0.15) is 33.6 Å². The Morgan fingerprint density at radius 3 is 2.41 bits per heavy atom. The second kappa shape index (κ2) is 6.30. The summed E-state index contributed by atoms with van der Waals surface area (Å²) in [6.07, 6.45) is 2.00. The normalized spacial score (nSPS) is 20.8. The first kappa shape index (κ1) is 15.4. The van der Waals surface area contributed by atoms with E-state index >= 15 is 0 Å². The monoisotopic (exact) mass is 320 g/mol. The molecule has 2 amide bonds. The van der Waals surface area contributed by atoms with E-state index < -0.39 is 5.91 Å². The molecule has 2 saturated heterocycles. The highest BCUT2D eigenvalue weighted by molar-refractivity contribution is 8.00. The van der Waals surface area contributed by atoms with E-state index in [9.17, 15) is 9.59 Å². The molecule has 0 unspecified atom stereocenters. The second-order valence-corrected chi connectivity index (χ2v) is 7.38. The second-order valence-electron chi connectivity index (χ2n) is 5.81. The van der Waals surface area contributed by atoms with Crippen molar-refractivity contribution in [1.29, 1.82) is 0 Å². The Hall–Kier alpha value is -1.53. The zero-order valence-electron chi connectivity index (χ0n) is 12.4. The number of primary amides is 1. The van der Waals surface area contributed by atoms with Crippen LogP contribution in [0.3, 0.4) is 0 Å². The van der Waals surface area contributed by atoms with Crippen molar-refractivity contribution in [2.45, 2.75) is 17.6 Å². The van der Waals surface area contributed by atoms with Gasteiger partial charge >= 0.3 is 0 Å². The smallest absolute Gasteiger partial charge is 0.253 e. The van der Waals surface area contributed by atoms with Gasteiger partial charge in [-0.25, -0.2) is 0 Å². The third-order valence-electron chi connectivity index (χ3n) is 4.36. The molecule has 1 spiro atoms. The van der Waals surface area contributed by atoms with Gasteiger partial charge in [0.05, 0.1) is 0 Å². The van der Waals surface area contributed by atoms with Crippen molar-refractivity contribution < 1.29 is 14.3 Å². The summed E-state index contributed by atoms with van der Waals surface area (Å²) in [5.74, 6) is 0.516. The van der Waals surface area contributed by atoms with Crippen LogP contribution in [-0.2, 0) is 4.74 Å². The summed E-state index contributed by atoms with van der Waals surface area (Å²) in [5.41, 5.74) is 6.26. The number of nitrogens with zero attached hydrogens (tertiary/aromatic N) is 1. The van der Waals surface area contributed by atoms with E-state index in [2.05, 4.69) is 0 Å². The van der Waals surface area contributed by atoms with Crippen LogP contribution in [0.5, 0.6) is 0 Å². The molecule has 0 atom stereocenters. The molecule has 22 heavy (non-hydrogen) atoms. The van der Waals surface area contributed by atoms with Crippen LogP contribution in [0.15, 0.2) is 24.3 Å². The van der Waals surface area contributed by atoms with E-state index in [-0.39, 0.29) is 10.7 Å². The predicted molar refractivity (Wildman–Crippen MR) is 86.1 cm³/mol. The van der Waals surface area contributed by atoms with Crippen LogP contribution in [0.25, 0.3) is 0 Å². The Morgan fingerprint density at radius 2 is 1.77 bits per heavy atom. The standard InChI is InChI=1S/C16H20N2O3S/c17-14(19)12-1-3-13(4-2-12)15(20)18-7-10-22-16(11-18)5-8-21-9-6-16/h1-4H,5-11H2,(H2,17,19). The highest BCUT2D eigenvalue weighted by Crippen LogP contribution is 2.39. The number of rotatable bonds is 2. The van der Waals surface area contributed by atoms with Crippen molar-refractivity contribution in [3.8, 4) is 0 Å². The molecule has 118 valence electrons. The SMILES string of the molecule is NC(=O)c1ccc(C(=O)N2CCSC3(CCOCC3)C2)cc1. The van der Waals surface area contributed by atoms with Gasteiger partial charge in [0.15, 0.2) is 0 Å². The lowest BCUT2D eigenvalue weighted by molar-refractivity contribution is 0.0536. The largest absolute Gasteiger partial charge is 0.381 e. The lowest BCUT2D eigenvalue weighted by atomic mass is 9.97. The summed E-state index contributed by atoms with van der Waals surface area (Å²) in [5, 5.41) is 0. The van der Waals surface area contributed by atoms with Gasteiger partial charge in [-0.1, -0.05) is 0 Å². The average molecular weight is 320 g/mol. The molecule has 1 aromatic carbocycles. The number of benzene rings is 1. The first-order valence-corrected chi connectivity index (χ1v) is 8.49. The van der Waals surface area contributed by atoms with Gasteiger partial charge in [-0.15, -0.1) is 0 Å². The predicted octanol–water partition coefficient (Wildman–Crippen LogP) is 1.52. The fourth-order valence-electron chi connectivity index (χ4n) is 3.02. The maximum atomic E-state index is 12.7. The number of amides is 2. The molecule has 1 aromatic rings. The van der Waals surface area contributed by atoms with Gasteiger partial charge in [0.25, 0.3) is 5.91 Å². The number of nitrogens with two attached hydrogens (primary N) is 1. The first-order chi connectivity index (χ1) is 10.6. The van der Waals surface area contributed by atoms with Gasteiger partial charge < -0.3 is 15.4 Å². The van der Waals surface area contributed by atoms with E-state index in [1.807, 2.05) is 16.7 Å². The molecule has 0 saturated carbocycles. The number of thioether (sulfide) groups is 1. The highest BCUT2D eigenvalue weighted by Gasteiger charge is 2.39. The minimum atomic E-state index is -0.477. The molecule has 2 fully saturated rings. The topological polar surface area (TPSA) is 72.6 Å². The van der Waals surface area contributed by atoms with Crippen LogP contribution in [0, 0.1) is 0 Å². The number of carbonyl (C=O) groups is 2. The third kappa shape index (κ3) is 3.13. The molecular weight excluding hydrogens is 300 g/mol. The summed E-state index contributed by atoms with van der Waals surface area (Å²) in [6, 6.07) is 6.58. The van der Waals surface area contributed by atoms with Crippen LogP contribution in [-0.4, -0.2) is 53.5 Å². The van der Waals surface area contributed by atoms with Gasteiger partial charge in [0, 0.05) is 47.9 Å². The molecule has 2 N–H and O–H groups in total. The zero-order chi connectivity index (χ0) is 15.6. The number of hydrogen-bond acceptors (Lipinski definition) is 4. The fourth-order valence-corrected chi connectivity index (χ4v) is 4.47. The maximum Gasteiger partial charge on any atom is 0.253 e. The molecule has 2 heterocycles. The molecule has 2 aliphatic heterocycles. The van der Waals surface area contributed by atoms with E-state index in [1.165, 1.54) is 0 Å². The van der Waals surface area contributed by atoms with Crippen LogP contribution < -0.4 is 5.73 Å². The van der Waals surface area contributed by atoms with Gasteiger partial charge in [-0.2, -0.15) is 11.8 Å². The molecule has 0 radical (unpaired) electrons. The number of carbonyl (C=O) groups excluding carboxylic acids is 2. The lowest BCUT2D eigenvalue weighted by Gasteiger charge is -2.44. The first-order valence-electron chi connectivity index (χ1n) is 7.51. The molecule has 3 rings (SSSR count). The van der Waals surface area contributed by atoms with Gasteiger partial charge in [0.1, 0.15) is 0 Å². The van der Waals surface area contributed by atoms with Crippen molar-refractivity contribution in [3.63, 3.8) is 0 Å². The van der Waals surface area contributed by atoms with Crippen molar-refractivity contribution >= 4 is 23.6 Å². The number of hydrogen-bond donors (Lipinski definition) is 1. The maximum absolute atomic E-state index is 12.7. The molecule has 5 nitrogen and oxygen atoms in total. The molecular formula is C16H20N2O3S. The van der Waals surface area contributed by atoms with E-state index in [1.54, 1.807) is 24.3 Å². The Balaban J connectivity index is 1.72. The molecule has 0 bridgehead atoms. The van der Waals surface area contributed by atoms with Gasteiger partial charge in [-0.3, -0.25) is 9.59 Å². The summed E-state index contributed by atoms with van der Waals surface area (Å²) >= 11 is 1.97. The lowest BCUT2D eigenvalue weighted by Crippen LogP contribution is -2.51. The summed E-state index contributed by atoms with van der Waals surface area (Å²) < 4.78 is 5.60. The third-order valence-corrected chi connectivity index (χ3v) is 5.89. The molecule has 0 aliphatic carbocycles. The Morgan fingerprint density at radius 1 is 1.14 bits per heavy atom. The molecule has 6 heteroatoms. The Bertz CT molecular complexity index is 562. The molecule has 0 aromatic heterocycles. The summed E-state index contributed by atoms with van der Waals surface area (Å²) in [7, 11) is 0. The van der Waals surface area contributed by atoms with E-state index in [0.29, 0.717) is 11.1 Å². The minimum absolute atomic E-state index is 0.0298. The minimum Gasteiger partial charge on any atom is -0.381 e. The van der Waals surface area contributed by atoms with Crippen molar-refractivity contribution in [2.75, 3.05) is 32.1 Å². The van der Waals surface area contributed by atoms with Gasteiger partial charge in [0.2, 0.25) is 5.91 Å². The quantitative estimate of drug-likeness (QED) is 0.897. The van der Waals surface area contributed by atoms with Crippen LogP contribution in [0.2, 0.25) is 0 Å². The van der Waals surface area contributed by atoms with Gasteiger partial charge in [-0.05, 0) is 37.1 Å².